The Morgan fingerprint density at radius 1 is 1.10 bits per heavy atom. The molecule has 1 aromatic heterocycles. The van der Waals surface area contributed by atoms with E-state index in [1.54, 1.807) is 12.1 Å². The zero-order valence-corrected chi connectivity index (χ0v) is 16.3. The number of aromatic nitrogens is 1. The number of ether oxygens (including phenoxy) is 2. The largest absolute Gasteiger partial charge is 0.454 e. The molecule has 1 saturated heterocycles. The van der Waals surface area contributed by atoms with E-state index in [1.807, 2.05) is 18.2 Å². The van der Waals surface area contributed by atoms with E-state index in [9.17, 15) is 12.8 Å². The highest BCUT2D eigenvalue weighted by Gasteiger charge is 2.27. The van der Waals surface area contributed by atoms with Crippen LogP contribution in [0, 0.1) is 5.82 Å². The number of pyridine rings is 1. The Labute approximate surface area is 167 Å². The summed E-state index contributed by atoms with van der Waals surface area (Å²) in [6.45, 7) is 0.644. The molecule has 0 amide bonds. The summed E-state index contributed by atoms with van der Waals surface area (Å²) in [7, 11) is -2.96. The fraction of sp³-hybridized carbons (Fsp3) is 0.286. The minimum Gasteiger partial charge on any atom is -0.454 e. The van der Waals surface area contributed by atoms with Crippen molar-refractivity contribution in [2.75, 3.05) is 18.3 Å². The maximum Gasteiger partial charge on any atom is 0.231 e. The highest BCUT2D eigenvalue weighted by atomic mass is 32.2. The Balaban J connectivity index is 1.54. The molecule has 150 valence electrons. The van der Waals surface area contributed by atoms with Crippen LogP contribution < -0.4 is 14.8 Å². The first-order chi connectivity index (χ1) is 14.0. The van der Waals surface area contributed by atoms with Gasteiger partial charge in [0.2, 0.25) is 6.79 Å². The molecule has 2 aromatic carbocycles. The Kier molecular flexibility index (Phi) is 4.40. The second-order valence-corrected chi connectivity index (χ2v) is 9.61. The molecule has 0 bridgehead atoms. The van der Waals surface area contributed by atoms with Gasteiger partial charge in [0.05, 0.1) is 22.7 Å². The summed E-state index contributed by atoms with van der Waals surface area (Å²) in [5.41, 5.74) is 3.18. The predicted molar refractivity (Wildman–Crippen MR) is 107 cm³/mol. The van der Waals surface area contributed by atoms with Crippen LogP contribution in [0.4, 0.5) is 4.39 Å². The van der Waals surface area contributed by atoms with Crippen molar-refractivity contribution in [3.63, 3.8) is 0 Å². The molecule has 1 fully saturated rings. The van der Waals surface area contributed by atoms with Gasteiger partial charge in [0.25, 0.3) is 0 Å². The summed E-state index contributed by atoms with van der Waals surface area (Å²) in [4.78, 5) is 4.81. The van der Waals surface area contributed by atoms with Gasteiger partial charge in [-0.3, -0.25) is 0 Å². The molecule has 0 radical (unpaired) electrons. The molecule has 1 N–H and O–H groups in total. The van der Waals surface area contributed by atoms with Gasteiger partial charge >= 0.3 is 0 Å². The van der Waals surface area contributed by atoms with Crippen LogP contribution in [0.3, 0.4) is 0 Å². The molecule has 1 atom stereocenters. The third kappa shape index (κ3) is 3.65. The Bertz CT molecular complexity index is 1200. The van der Waals surface area contributed by atoms with Crippen LogP contribution >= 0.6 is 0 Å². The first kappa shape index (κ1) is 18.3. The van der Waals surface area contributed by atoms with Crippen molar-refractivity contribution in [2.24, 2.45) is 0 Å². The lowest BCUT2D eigenvalue weighted by Gasteiger charge is -2.15. The summed E-state index contributed by atoms with van der Waals surface area (Å²) in [6, 6.07) is 11.9. The van der Waals surface area contributed by atoms with Gasteiger partial charge in [-0.1, -0.05) is 0 Å². The van der Waals surface area contributed by atoms with E-state index in [0.29, 0.717) is 24.5 Å². The van der Waals surface area contributed by atoms with Crippen LogP contribution in [0.2, 0.25) is 0 Å². The number of hydrogen-bond acceptors (Lipinski definition) is 6. The van der Waals surface area contributed by atoms with E-state index in [0.717, 1.165) is 27.7 Å². The fourth-order valence-corrected chi connectivity index (χ4v) is 5.52. The van der Waals surface area contributed by atoms with Crippen LogP contribution in [-0.4, -0.2) is 37.7 Å². The smallest absolute Gasteiger partial charge is 0.231 e. The lowest BCUT2D eigenvalue weighted by molar-refractivity contribution is 0.174. The average molecular weight is 414 g/mol. The molecule has 2 aliphatic rings. The summed E-state index contributed by atoms with van der Waals surface area (Å²) >= 11 is 0. The summed E-state index contributed by atoms with van der Waals surface area (Å²) in [5, 5.41) is 4.24. The average Bonchev–Trinajstić information content (AvgIpc) is 3.29. The van der Waals surface area contributed by atoms with Crippen LogP contribution in [-0.2, 0) is 16.4 Å². The number of nitrogens with zero attached hydrogens (tertiary/aromatic N) is 1. The van der Waals surface area contributed by atoms with Gasteiger partial charge in [-0.15, -0.1) is 0 Å². The van der Waals surface area contributed by atoms with Crippen LogP contribution in [0.15, 0.2) is 42.5 Å². The number of nitrogens with one attached hydrogen (secondary N) is 1. The van der Waals surface area contributed by atoms with E-state index >= 15 is 0 Å². The van der Waals surface area contributed by atoms with E-state index in [4.69, 9.17) is 14.5 Å². The van der Waals surface area contributed by atoms with Crippen LogP contribution in [0.25, 0.3) is 22.2 Å². The molecule has 3 aromatic rings. The number of fused-ring (bicyclic) bond motifs is 2. The second kappa shape index (κ2) is 6.96. The summed E-state index contributed by atoms with van der Waals surface area (Å²) in [6.07, 6.45) is 0.605. The molecular formula is C21H19FN2O4S. The molecule has 6 nitrogen and oxygen atoms in total. The SMILES string of the molecule is O=S1(=O)CCC(NCc2cc3cc4c(cc3nc2-c2ccc(F)cc2)OCO4)C1. The number of rotatable bonds is 4. The topological polar surface area (TPSA) is 77.5 Å². The standard InChI is InChI=1S/C21H19FN2O4S/c22-16-3-1-13(2-4-16)21-15(10-23-17-5-6-29(25,26)11-17)7-14-8-19-20(28-12-27-19)9-18(14)24-21/h1-4,7-9,17,23H,5-6,10-12H2. The predicted octanol–water partition coefficient (Wildman–Crippen LogP) is 3.05. The van der Waals surface area contributed by atoms with E-state index < -0.39 is 9.84 Å². The van der Waals surface area contributed by atoms with Gasteiger partial charge in [0.15, 0.2) is 21.3 Å². The lowest BCUT2D eigenvalue weighted by atomic mass is 10.0. The number of benzene rings is 2. The third-order valence-corrected chi connectivity index (χ3v) is 7.09. The van der Waals surface area contributed by atoms with Crippen LogP contribution in [0.1, 0.15) is 12.0 Å². The molecule has 3 heterocycles. The fourth-order valence-electron chi connectivity index (χ4n) is 3.81. The highest BCUT2D eigenvalue weighted by molar-refractivity contribution is 7.91. The van der Waals surface area contributed by atoms with Crippen molar-refractivity contribution in [1.82, 2.24) is 10.3 Å². The molecule has 29 heavy (non-hydrogen) atoms. The van der Waals surface area contributed by atoms with Gasteiger partial charge in [-0.25, -0.2) is 17.8 Å². The minimum atomic E-state index is -2.96. The Morgan fingerprint density at radius 3 is 2.59 bits per heavy atom. The van der Waals surface area contributed by atoms with Gasteiger partial charge < -0.3 is 14.8 Å². The molecule has 1 unspecified atom stereocenters. The quantitative estimate of drug-likeness (QED) is 0.707. The zero-order chi connectivity index (χ0) is 20.0. The first-order valence-corrected chi connectivity index (χ1v) is 11.2. The Hall–Kier alpha value is -2.71. The molecule has 2 aliphatic heterocycles. The molecule has 0 spiro atoms. The third-order valence-electron chi connectivity index (χ3n) is 5.32. The van der Waals surface area contributed by atoms with E-state index in [-0.39, 0.29) is 30.2 Å². The van der Waals surface area contributed by atoms with Gasteiger partial charge in [0, 0.05) is 29.6 Å². The molecular weight excluding hydrogens is 395 g/mol. The zero-order valence-electron chi connectivity index (χ0n) is 15.5. The van der Waals surface area contributed by atoms with Crippen molar-refractivity contribution in [2.45, 2.75) is 19.0 Å². The normalized spacial score (nSPS) is 19.7. The molecule has 8 heteroatoms. The molecule has 0 saturated carbocycles. The maximum atomic E-state index is 13.4. The first-order valence-electron chi connectivity index (χ1n) is 9.40. The van der Waals surface area contributed by atoms with Gasteiger partial charge in [-0.2, -0.15) is 0 Å². The van der Waals surface area contributed by atoms with E-state index in [1.165, 1.54) is 12.1 Å². The minimum absolute atomic E-state index is 0.0754. The lowest BCUT2D eigenvalue weighted by Crippen LogP contribution is -2.29. The van der Waals surface area contributed by atoms with Crippen molar-refractivity contribution in [3.05, 3.63) is 53.8 Å². The number of hydrogen-bond donors (Lipinski definition) is 1. The van der Waals surface area contributed by atoms with Gasteiger partial charge in [-0.05, 0) is 48.4 Å². The van der Waals surface area contributed by atoms with Crippen molar-refractivity contribution in [1.29, 1.82) is 0 Å². The maximum absolute atomic E-state index is 13.4. The van der Waals surface area contributed by atoms with Gasteiger partial charge in [0.1, 0.15) is 5.82 Å². The molecule has 0 aliphatic carbocycles. The summed E-state index contributed by atoms with van der Waals surface area (Å²) in [5.74, 6) is 1.38. The second-order valence-electron chi connectivity index (χ2n) is 7.38. The number of halogens is 1. The van der Waals surface area contributed by atoms with Crippen molar-refractivity contribution >= 4 is 20.7 Å². The van der Waals surface area contributed by atoms with E-state index in [2.05, 4.69) is 5.32 Å². The number of sulfone groups is 1. The molecule has 5 rings (SSSR count). The highest BCUT2D eigenvalue weighted by Crippen LogP contribution is 2.37. The van der Waals surface area contributed by atoms with Crippen LogP contribution in [0.5, 0.6) is 11.5 Å². The Morgan fingerprint density at radius 2 is 1.86 bits per heavy atom. The summed E-state index contributed by atoms with van der Waals surface area (Å²) < 4.78 is 47.8. The van der Waals surface area contributed by atoms with Crippen molar-refractivity contribution in [3.8, 4) is 22.8 Å². The monoisotopic (exact) mass is 414 g/mol. The van der Waals surface area contributed by atoms with Crippen molar-refractivity contribution < 1.29 is 22.3 Å².